The van der Waals surface area contributed by atoms with E-state index in [1.165, 1.54) is 7.11 Å². The van der Waals surface area contributed by atoms with E-state index < -0.39 is 0 Å². The van der Waals surface area contributed by atoms with Crippen LogP contribution in [0.25, 0.3) is 0 Å². The SMILES string of the molecule is COC(=O)[C@H]1C(c2ccc(Cl)c(Cl)c2)C[C@H]2CCC1N2C. The van der Waals surface area contributed by atoms with Crippen LogP contribution in [-0.4, -0.2) is 37.1 Å². The molecular weight excluding hydrogens is 309 g/mol. The minimum Gasteiger partial charge on any atom is -0.469 e. The molecule has 1 aromatic carbocycles. The molecule has 2 unspecified atom stereocenters. The number of piperidine rings is 1. The van der Waals surface area contributed by atoms with Crippen LogP contribution in [0.15, 0.2) is 18.2 Å². The molecule has 0 aromatic heterocycles. The Labute approximate surface area is 135 Å². The molecule has 114 valence electrons. The van der Waals surface area contributed by atoms with Crippen LogP contribution >= 0.6 is 23.2 Å². The second kappa shape index (κ2) is 5.79. The number of methoxy groups -OCH3 is 1. The fourth-order valence-corrected chi connectivity index (χ4v) is 4.32. The van der Waals surface area contributed by atoms with E-state index in [1.54, 1.807) is 0 Å². The zero-order valence-corrected chi connectivity index (χ0v) is 13.7. The number of carbonyl (C=O) groups excluding carboxylic acids is 1. The van der Waals surface area contributed by atoms with Crippen molar-refractivity contribution in [3.8, 4) is 0 Å². The van der Waals surface area contributed by atoms with Crippen molar-refractivity contribution >= 4 is 29.2 Å². The average molecular weight is 328 g/mol. The number of fused-ring (bicyclic) bond motifs is 2. The molecule has 2 aliphatic heterocycles. The first-order valence-corrected chi connectivity index (χ1v) is 8.03. The number of hydrogen-bond acceptors (Lipinski definition) is 3. The van der Waals surface area contributed by atoms with Crippen molar-refractivity contribution in [1.29, 1.82) is 0 Å². The normalized spacial score (nSPS) is 32.2. The molecule has 21 heavy (non-hydrogen) atoms. The van der Waals surface area contributed by atoms with Crippen LogP contribution in [0, 0.1) is 5.92 Å². The molecule has 2 aliphatic rings. The molecule has 0 N–H and O–H groups in total. The summed E-state index contributed by atoms with van der Waals surface area (Å²) >= 11 is 12.2. The number of nitrogens with zero attached hydrogens (tertiary/aromatic N) is 1. The largest absolute Gasteiger partial charge is 0.469 e. The van der Waals surface area contributed by atoms with Crippen LogP contribution in [0.3, 0.4) is 0 Å². The first kappa shape index (κ1) is 15.1. The van der Waals surface area contributed by atoms with E-state index in [1.807, 2.05) is 18.2 Å². The van der Waals surface area contributed by atoms with E-state index in [0.29, 0.717) is 16.1 Å². The van der Waals surface area contributed by atoms with Gasteiger partial charge in [0, 0.05) is 18.0 Å². The number of hydrogen-bond donors (Lipinski definition) is 0. The van der Waals surface area contributed by atoms with E-state index in [2.05, 4.69) is 11.9 Å². The number of rotatable bonds is 2. The van der Waals surface area contributed by atoms with Gasteiger partial charge in [0.2, 0.25) is 0 Å². The average Bonchev–Trinajstić information content (AvgIpc) is 2.72. The summed E-state index contributed by atoms with van der Waals surface area (Å²) in [7, 11) is 3.58. The van der Waals surface area contributed by atoms with Crippen molar-refractivity contribution in [2.45, 2.75) is 37.3 Å². The van der Waals surface area contributed by atoms with Gasteiger partial charge in [-0.3, -0.25) is 9.69 Å². The van der Waals surface area contributed by atoms with Crippen molar-refractivity contribution < 1.29 is 9.53 Å². The van der Waals surface area contributed by atoms with E-state index in [-0.39, 0.29) is 23.8 Å². The highest BCUT2D eigenvalue weighted by atomic mass is 35.5. The second-order valence-electron chi connectivity index (χ2n) is 6.03. The molecule has 5 heteroatoms. The molecule has 2 heterocycles. The molecule has 3 nitrogen and oxygen atoms in total. The van der Waals surface area contributed by atoms with E-state index in [4.69, 9.17) is 27.9 Å². The van der Waals surface area contributed by atoms with Crippen molar-refractivity contribution in [3.63, 3.8) is 0 Å². The van der Waals surface area contributed by atoms with Gasteiger partial charge in [0.25, 0.3) is 0 Å². The van der Waals surface area contributed by atoms with E-state index in [0.717, 1.165) is 24.8 Å². The molecule has 0 radical (unpaired) electrons. The van der Waals surface area contributed by atoms with E-state index in [9.17, 15) is 4.79 Å². The molecule has 0 aliphatic carbocycles. The lowest BCUT2D eigenvalue weighted by molar-refractivity contribution is -0.150. The zero-order valence-electron chi connectivity index (χ0n) is 12.2. The third kappa shape index (κ3) is 2.56. The van der Waals surface area contributed by atoms with Crippen LogP contribution in [0.1, 0.15) is 30.7 Å². The maximum Gasteiger partial charge on any atom is 0.310 e. The summed E-state index contributed by atoms with van der Waals surface area (Å²) in [4.78, 5) is 14.7. The molecule has 1 aromatic rings. The highest BCUT2D eigenvalue weighted by molar-refractivity contribution is 6.42. The summed E-state index contributed by atoms with van der Waals surface area (Å²) in [6.07, 6.45) is 3.16. The van der Waals surface area contributed by atoms with Crippen molar-refractivity contribution in [2.75, 3.05) is 14.2 Å². The lowest BCUT2D eigenvalue weighted by atomic mass is 9.76. The number of benzene rings is 1. The van der Waals surface area contributed by atoms with E-state index >= 15 is 0 Å². The molecule has 2 bridgehead atoms. The Kier molecular flexibility index (Phi) is 4.17. The number of ether oxygens (including phenoxy) is 1. The summed E-state index contributed by atoms with van der Waals surface area (Å²) in [5, 5.41) is 1.09. The van der Waals surface area contributed by atoms with Gasteiger partial charge in [0.05, 0.1) is 23.1 Å². The molecular formula is C16H19Cl2NO2. The molecule has 2 fully saturated rings. The minimum absolute atomic E-state index is 0.122. The van der Waals surface area contributed by atoms with Crippen molar-refractivity contribution in [1.82, 2.24) is 4.90 Å². The third-order valence-electron chi connectivity index (χ3n) is 5.11. The topological polar surface area (TPSA) is 29.5 Å². The predicted molar refractivity (Wildman–Crippen MR) is 83.9 cm³/mol. The Bertz CT molecular complexity index is 563. The number of carbonyl (C=O) groups is 1. The summed E-state index contributed by atoms with van der Waals surface area (Å²) in [6, 6.07) is 6.49. The maximum absolute atomic E-state index is 12.3. The minimum atomic E-state index is -0.129. The summed E-state index contributed by atoms with van der Waals surface area (Å²) in [5.74, 6) is -0.0971. The highest BCUT2D eigenvalue weighted by Crippen LogP contribution is 2.47. The van der Waals surface area contributed by atoms with Crippen LogP contribution in [0.4, 0.5) is 0 Å². The molecule has 2 saturated heterocycles. The van der Waals surface area contributed by atoms with Gasteiger partial charge >= 0.3 is 5.97 Å². The molecule has 4 atom stereocenters. The number of halogens is 2. The predicted octanol–water partition coefficient (Wildman–Crippen LogP) is 3.73. The molecule has 0 saturated carbocycles. The first-order chi connectivity index (χ1) is 10.0. The lowest BCUT2D eigenvalue weighted by Crippen LogP contribution is -2.49. The highest BCUT2D eigenvalue weighted by Gasteiger charge is 2.49. The summed E-state index contributed by atoms with van der Waals surface area (Å²) < 4.78 is 5.07. The summed E-state index contributed by atoms with van der Waals surface area (Å²) in [5.41, 5.74) is 1.09. The Morgan fingerprint density at radius 2 is 2.05 bits per heavy atom. The molecule has 0 spiro atoms. The van der Waals surface area contributed by atoms with Crippen molar-refractivity contribution in [2.24, 2.45) is 5.92 Å². The Morgan fingerprint density at radius 3 is 2.71 bits per heavy atom. The van der Waals surface area contributed by atoms with Crippen LogP contribution in [-0.2, 0) is 9.53 Å². The third-order valence-corrected chi connectivity index (χ3v) is 5.85. The van der Waals surface area contributed by atoms with Gasteiger partial charge in [-0.15, -0.1) is 0 Å². The van der Waals surface area contributed by atoms with Gasteiger partial charge in [-0.1, -0.05) is 29.3 Å². The Hall–Kier alpha value is -0.770. The molecule has 3 rings (SSSR count). The van der Waals surface area contributed by atoms with Gasteiger partial charge in [-0.2, -0.15) is 0 Å². The van der Waals surface area contributed by atoms with Crippen molar-refractivity contribution in [3.05, 3.63) is 33.8 Å². The quantitative estimate of drug-likeness (QED) is 0.775. The Balaban J connectivity index is 1.98. The van der Waals surface area contributed by atoms with Gasteiger partial charge in [0.15, 0.2) is 0 Å². The van der Waals surface area contributed by atoms with Crippen LogP contribution in [0.2, 0.25) is 10.0 Å². The van der Waals surface area contributed by atoms with Gasteiger partial charge in [-0.25, -0.2) is 0 Å². The number of esters is 1. The van der Waals surface area contributed by atoms with Gasteiger partial charge in [-0.05, 0) is 44.0 Å². The smallest absolute Gasteiger partial charge is 0.310 e. The first-order valence-electron chi connectivity index (χ1n) is 7.27. The summed E-state index contributed by atoms with van der Waals surface area (Å²) in [6.45, 7) is 0. The zero-order chi connectivity index (χ0) is 15.1. The lowest BCUT2D eigenvalue weighted by Gasteiger charge is -2.41. The second-order valence-corrected chi connectivity index (χ2v) is 6.84. The van der Waals surface area contributed by atoms with Gasteiger partial charge < -0.3 is 4.74 Å². The standard InChI is InChI=1S/C16H19Cl2NO2/c1-19-10-4-6-14(19)15(16(20)21-2)11(8-10)9-3-5-12(17)13(18)7-9/h3,5,7,10-11,14-15H,4,6,8H2,1-2H3/t10-,11?,14?,15+/m1/s1. The Morgan fingerprint density at radius 1 is 1.29 bits per heavy atom. The monoisotopic (exact) mass is 327 g/mol. The van der Waals surface area contributed by atoms with Crippen LogP contribution in [0.5, 0.6) is 0 Å². The van der Waals surface area contributed by atoms with Crippen LogP contribution < -0.4 is 0 Å². The fourth-order valence-electron chi connectivity index (χ4n) is 4.01. The van der Waals surface area contributed by atoms with Gasteiger partial charge in [0.1, 0.15) is 0 Å². The molecule has 0 amide bonds. The maximum atomic E-state index is 12.3. The fraction of sp³-hybridized carbons (Fsp3) is 0.562.